The van der Waals surface area contributed by atoms with Gasteiger partial charge in [-0.2, -0.15) is 13.2 Å². The Balaban J connectivity index is 2.43. The van der Waals surface area contributed by atoms with Crippen LogP contribution < -0.4 is 5.32 Å². The van der Waals surface area contributed by atoms with Crippen LogP contribution in [-0.4, -0.2) is 17.9 Å². The summed E-state index contributed by atoms with van der Waals surface area (Å²) in [5.74, 6) is -3.93. The fourth-order valence-electron chi connectivity index (χ4n) is 1.99. The molecule has 1 amide bonds. The number of hydrogen-bond acceptors (Lipinski definition) is 2. The van der Waals surface area contributed by atoms with Gasteiger partial charge in [0.15, 0.2) is 11.7 Å². The maximum absolute atomic E-state index is 12.5. The zero-order valence-electron chi connectivity index (χ0n) is 7.65. The largest absolute Gasteiger partial charge is 0.404 e. The molecule has 2 aliphatic rings. The standard InChI is InChI=1S/C9H8F3NO2/c10-9(11,12)7-6-4(13-8(7)15)2-1-3-5(6)14/h7H,1-3H2,(H,13,15). The van der Waals surface area contributed by atoms with Crippen molar-refractivity contribution in [2.75, 3.05) is 0 Å². The van der Waals surface area contributed by atoms with Gasteiger partial charge in [-0.15, -0.1) is 0 Å². The van der Waals surface area contributed by atoms with E-state index in [4.69, 9.17) is 0 Å². The van der Waals surface area contributed by atoms with Gasteiger partial charge in [-0.1, -0.05) is 0 Å². The molecule has 0 bridgehead atoms. The third-order valence-corrected chi connectivity index (χ3v) is 2.61. The van der Waals surface area contributed by atoms with Crippen LogP contribution in [0.25, 0.3) is 0 Å². The Morgan fingerprint density at radius 2 is 1.87 bits per heavy atom. The fourth-order valence-corrected chi connectivity index (χ4v) is 1.99. The van der Waals surface area contributed by atoms with Gasteiger partial charge in [0.1, 0.15) is 0 Å². The number of carbonyl (C=O) groups is 2. The van der Waals surface area contributed by atoms with Crippen LogP contribution in [0.15, 0.2) is 11.3 Å². The summed E-state index contributed by atoms with van der Waals surface area (Å²) in [5.41, 5.74) is -0.197. The lowest BCUT2D eigenvalue weighted by atomic mass is 9.88. The van der Waals surface area contributed by atoms with Gasteiger partial charge in [0, 0.05) is 17.7 Å². The second-order valence-corrected chi connectivity index (χ2v) is 3.63. The highest BCUT2D eigenvalue weighted by atomic mass is 19.4. The van der Waals surface area contributed by atoms with E-state index in [-0.39, 0.29) is 17.7 Å². The SMILES string of the molecule is O=C1CCCC2=C1C(C(F)(F)F)C(=O)N2. The Morgan fingerprint density at radius 3 is 2.47 bits per heavy atom. The van der Waals surface area contributed by atoms with E-state index >= 15 is 0 Å². The molecule has 6 heteroatoms. The van der Waals surface area contributed by atoms with E-state index in [9.17, 15) is 22.8 Å². The molecule has 1 aliphatic carbocycles. The number of hydrogen-bond donors (Lipinski definition) is 1. The van der Waals surface area contributed by atoms with Gasteiger partial charge < -0.3 is 5.32 Å². The number of alkyl halides is 3. The van der Waals surface area contributed by atoms with Gasteiger partial charge in [-0.05, 0) is 12.8 Å². The Morgan fingerprint density at radius 1 is 1.20 bits per heavy atom. The number of carbonyl (C=O) groups excluding carboxylic acids is 2. The van der Waals surface area contributed by atoms with Crippen molar-refractivity contribution < 1.29 is 22.8 Å². The quantitative estimate of drug-likeness (QED) is 0.667. The molecular weight excluding hydrogens is 211 g/mol. The van der Waals surface area contributed by atoms with Gasteiger partial charge in [-0.3, -0.25) is 9.59 Å². The summed E-state index contributed by atoms with van der Waals surface area (Å²) in [4.78, 5) is 22.4. The Labute approximate surface area is 83.3 Å². The number of amides is 1. The second kappa shape index (κ2) is 3.08. The van der Waals surface area contributed by atoms with Crippen LogP contribution in [0, 0.1) is 5.92 Å². The summed E-state index contributed by atoms with van der Waals surface area (Å²) in [5, 5.41) is 2.14. The maximum Gasteiger partial charge on any atom is 0.404 e. The molecule has 1 unspecified atom stereocenters. The van der Waals surface area contributed by atoms with Crippen LogP contribution in [-0.2, 0) is 9.59 Å². The van der Waals surface area contributed by atoms with E-state index in [1.54, 1.807) is 0 Å². The highest BCUT2D eigenvalue weighted by molar-refractivity contribution is 6.06. The first-order valence-electron chi connectivity index (χ1n) is 4.55. The molecule has 0 aromatic rings. The molecule has 0 saturated carbocycles. The summed E-state index contributed by atoms with van der Waals surface area (Å²) < 4.78 is 37.5. The van der Waals surface area contributed by atoms with Gasteiger partial charge in [-0.25, -0.2) is 0 Å². The maximum atomic E-state index is 12.5. The van der Waals surface area contributed by atoms with Crippen LogP contribution in [0.5, 0.6) is 0 Å². The Hall–Kier alpha value is -1.33. The number of nitrogens with one attached hydrogen (secondary N) is 1. The predicted octanol–water partition coefficient (Wildman–Crippen LogP) is 1.30. The van der Waals surface area contributed by atoms with Gasteiger partial charge in [0.2, 0.25) is 5.91 Å². The summed E-state index contributed by atoms with van der Waals surface area (Å²) in [6.07, 6.45) is -3.73. The monoisotopic (exact) mass is 219 g/mol. The van der Waals surface area contributed by atoms with E-state index in [0.717, 1.165) is 0 Å². The first kappa shape index (κ1) is 10.2. The van der Waals surface area contributed by atoms with Gasteiger partial charge in [0.25, 0.3) is 0 Å². The highest BCUT2D eigenvalue weighted by Crippen LogP contribution is 2.40. The molecule has 1 heterocycles. The fraction of sp³-hybridized carbons (Fsp3) is 0.556. The number of rotatable bonds is 0. The molecule has 2 rings (SSSR count). The summed E-state index contributed by atoms with van der Waals surface area (Å²) in [7, 11) is 0. The minimum atomic E-state index is -4.67. The van der Waals surface area contributed by atoms with Gasteiger partial charge >= 0.3 is 6.18 Å². The normalized spacial score (nSPS) is 26.7. The minimum Gasteiger partial charge on any atom is -0.329 e. The van der Waals surface area contributed by atoms with Crippen molar-refractivity contribution >= 4 is 11.7 Å². The van der Waals surface area contributed by atoms with Crippen LogP contribution in [0.3, 0.4) is 0 Å². The molecule has 3 nitrogen and oxygen atoms in total. The van der Waals surface area contributed by atoms with E-state index in [1.165, 1.54) is 0 Å². The van der Waals surface area contributed by atoms with Gasteiger partial charge in [0.05, 0.1) is 0 Å². The number of allylic oxidation sites excluding steroid dienone is 1. The van der Waals surface area contributed by atoms with E-state index in [2.05, 4.69) is 5.32 Å². The first-order chi connectivity index (χ1) is 6.91. The molecule has 0 aromatic heterocycles. The first-order valence-corrected chi connectivity index (χ1v) is 4.55. The highest BCUT2D eigenvalue weighted by Gasteiger charge is 2.53. The van der Waals surface area contributed by atoms with Crippen molar-refractivity contribution in [3.05, 3.63) is 11.3 Å². The molecule has 0 saturated heterocycles. The van der Waals surface area contributed by atoms with Crippen molar-refractivity contribution in [1.29, 1.82) is 0 Å². The third kappa shape index (κ3) is 1.53. The summed E-state index contributed by atoms with van der Waals surface area (Å²) in [6, 6.07) is 0. The summed E-state index contributed by atoms with van der Waals surface area (Å²) in [6.45, 7) is 0. The van der Waals surface area contributed by atoms with Crippen molar-refractivity contribution in [1.82, 2.24) is 5.32 Å². The predicted molar refractivity (Wildman–Crippen MR) is 43.6 cm³/mol. The molecular formula is C9H8F3NO2. The minimum absolute atomic E-state index is 0.0976. The molecule has 1 atom stereocenters. The van der Waals surface area contributed by atoms with Crippen LogP contribution in [0.2, 0.25) is 0 Å². The molecule has 15 heavy (non-hydrogen) atoms. The van der Waals surface area contributed by atoms with E-state index < -0.39 is 23.8 Å². The van der Waals surface area contributed by atoms with Crippen molar-refractivity contribution in [3.63, 3.8) is 0 Å². The zero-order valence-corrected chi connectivity index (χ0v) is 7.65. The number of ketones is 1. The molecule has 0 fully saturated rings. The van der Waals surface area contributed by atoms with E-state index in [0.29, 0.717) is 12.8 Å². The third-order valence-electron chi connectivity index (χ3n) is 2.61. The molecule has 1 aliphatic heterocycles. The lowest BCUT2D eigenvalue weighted by Crippen LogP contribution is -2.34. The second-order valence-electron chi connectivity index (χ2n) is 3.63. The Kier molecular flexibility index (Phi) is 2.09. The molecule has 0 radical (unpaired) electrons. The average molecular weight is 219 g/mol. The van der Waals surface area contributed by atoms with Crippen LogP contribution in [0.1, 0.15) is 19.3 Å². The average Bonchev–Trinajstić information content (AvgIpc) is 2.41. The topological polar surface area (TPSA) is 46.2 Å². The lowest BCUT2D eigenvalue weighted by Gasteiger charge is -2.17. The lowest BCUT2D eigenvalue weighted by molar-refractivity contribution is -0.173. The summed E-state index contributed by atoms with van der Waals surface area (Å²) >= 11 is 0. The smallest absolute Gasteiger partial charge is 0.329 e. The zero-order chi connectivity index (χ0) is 11.2. The van der Waals surface area contributed by atoms with Crippen LogP contribution >= 0.6 is 0 Å². The van der Waals surface area contributed by atoms with Crippen molar-refractivity contribution in [3.8, 4) is 0 Å². The number of Topliss-reactive ketones (excluding diaryl/α,β-unsaturated/α-hetero) is 1. The molecule has 1 N–H and O–H groups in total. The van der Waals surface area contributed by atoms with Crippen molar-refractivity contribution in [2.45, 2.75) is 25.4 Å². The molecule has 0 spiro atoms. The Bertz CT molecular complexity index is 370. The molecule has 82 valence electrons. The van der Waals surface area contributed by atoms with E-state index in [1.807, 2.05) is 0 Å². The van der Waals surface area contributed by atoms with Crippen molar-refractivity contribution in [2.24, 2.45) is 5.92 Å². The molecule has 0 aromatic carbocycles. The van der Waals surface area contributed by atoms with Crippen LogP contribution in [0.4, 0.5) is 13.2 Å². The number of halogens is 3.